The third-order valence-corrected chi connectivity index (χ3v) is 4.67. The molecule has 0 radical (unpaired) electrons. The van der Waals surface area contributed by atoms with Gasteiger partial charge in [-0.1, -0.05) is 5.16 Å². The second kappa shape index (κ2) is 6.14. The largest absolute Gasteiger partial charge is 0.409 e. The summed E-state index contributed by atoms with van der Waals surface area (Å²) in [4.78, 5) is 7.99. The van der Waals surface area contributed by atoms with E-state index in [1.807, 2.05) is 0 Å². The van der Waals surface area contributed by atoms with E-state index in [2.05, 4.69) is 31.1 Å². The lowest BCUT2D eigenvalue weighted by atomic mass is 10.1. The number of fused-ring (bicyclic) bond motifs is 1. The number of oxime groups is 1. The van der Waals surface area contributed by atoms with Crippen LogP contribution in [0.25, 0.3) is 11.0 Å². The van der Waals surface area contributed by atoms with Crippen molar-refractivity contribution in [3.8, 4) is 0 Å². The molecular weight excluding hydrogens is 388 g/mol. The van der Waals surface area contributed by atoms with Gasteiger partial charge in [-0.15, -0.1) is 0 Å². The van der Waals surface area contributed by atoms with Crippen LogP contribution >= 0.6 is 15.9 Å². The van der Waals surface area contributed by atoms with Gasteiger partial charge in [0.05, 0.1) is 17.6 Å². The molecule has 1 fully saturated rings. The molecule has 0 aromatic carbocycles. The minimum atomic E-state index is -1.34. The topological polar surface area (TPSA) is 185 Å². The Hall–Kier alpha value is -1.99. The molecule has 3 rings (SSSR count). The highest BCUT2D eigenvalue weighted by molar-refractivity contribution is 9.10. The fourth-order valence-corrected chi connectivity index (χ4v) is 3.51. The Labute approximate surface area is 143 Å². The Bertz CT molecular complexity index is 811. The van der Waals surface area contributed by atoms with Gasteiger partial charge in [0.15, 0.2) is 12.1 Å². The molecular formula is C12H15BrN6O5. The smallest absolute Gasteiger partial charge is 0.173 e. The monoisotopic (exact) mass is 402 g/mol. The van der Waals surface area contributed by atoms with Crippen molar-refractivity contribution in [2.75, 3.05) is 12.3 Å². The normalized spacial score (nSPS) is 27.9. The number of aliphatic hydroxyl groups excluding tert-OH is 3. The molecule has 24 heavy (non-hydrogen) atoms. The summed E-state index contributed by atoms with van der Waals surface area (Å²) in [6.45, 7) is -0.476. The van der Waals surface area contributed by atoms with Crippen LogP contribution < -0.4 is 11.5 Å². The van der Waals surface area contributed by atoms with Gasteiger partial charge in [0.25, 0.3) is 0 Å². The maximum absolute atomic E-state index is 10.3. The molecule has 1 aliphatic heterocycles. The number of rotatable bonds is 3. The first kappa shape index (κ1) is 16.9. The number of aliphatic hydroxyl groups is 3. The molecule has 12 heteroatoms. The highest BCUT2D eigenvalue weighted by Gasteiger charge is 2.45. The van der Waals surface area contributed by atoms with Crippen LogP contribution in [0.15, 0.2) is 16.1 Å². The van der Waals surface area contributed by atoms with Crippen molar-refractivity contribution in [1.29, 1.82) is 0 Å². The summed E-state index contributed by atoms with van der Waals surface area (Å²) in [5.74, 6) is -0.174. The molecule has 2 aromatic heterocycles. The molecule has 8 N–H and O–H groups in total. The molecule has 130 valence electrons. The molecule has 0 unspecified atom stereocenters. The van der Waals surface area contributed by atoms with Gasteiger partial charge in [0.2, 0.25) is 0 Å². The van der Waals surface area contributed by atoms with Crippen molar-refractivity contribution in [3.05, 3.63) is 16.5 Å². The average molecular weight is 403 g/mol. The first-order valence-corrected chi connectivity index (χ1v) is 7.61. The van der Waals surface area contributed by atoms with E-state index >= 15 is 0 Å². The molecule has 0 aliphatic carbocycles. The summed E-state index contributed by atoms with van der Waals surface area (Å²) in [5, 5.41) is 41.7. The van der Waals surface area contributed by atoms with Crippen LogP contribution in [0.4, 0.5) is 5.82 Å². The molecule has 0 amide bonds. The van der Waals surface area contributed by atoms with E-state index < -0.39 is 31.1 Å². The highest BCUT2D eigenvalue weighted by atomic mass is 79.9. The van der Waals surface area contributed by atoms with Gasteiger partial charge in [0.1, 0.15) is 40.7 Å². The van der Waals surface area contributed by atoms with Crippen LogP contribution in [0.3, 0.4) is 0 Å². The first-order valence-electron chi connectivity index (χ1n) is 6.82. The number of nitrogen functional groups attached to an aromatic ring is 1. The molecule has 11 nitrogen and oxygen atoms in total. The number of nitrogens with two attached hydrogens (primary N) is 2. The summed E-state index contributed by atoms with van der Waals surface area (Å²) in [6, 6.07) is 0. The summed E-state index contributed by atoms with van der Waals surface area (Å²) in [5.41, 5.74) is 12.0. The Morgan fingerprint density at radius 1 is 1.38 bits per heavy atom. The van der Waals surface area contributed by atoms with Crippen LogP contribution in [0.5, 0.6) is 0 Å². The first-order chi connectivity index (χ1) is 11.4. The maximum Gasteiger partial charge on any atom is 0.173 e. The van der Waals surface area contributed by atoms with E-state index in [-0.39, 0.29) is 32.9 Å². The Kier molecular flexibility index (Phi) is 4.31. The van der Waals surface area contributed by atoms with E-state index in [1.165, 1.54) is 10.9 Å². The molecule has 1 aliphatic rings. The number of nitrogens with zero attached hydrogens (tertiary/aromatic N) is 4. The zero-order valence-corrected chi connectivity index (χ0v) is 13.7. The SMILES string of the molecule is N/C(=N\O)c1c(Br)n([C@@H]2O[C@@H](CO)[C@@H](O)[C@H]2O)c2ncnc(N)c12. The number of aromatic nitrogens is 3. The van der Waals surface area contributed by atoms with E-state index in [9.17, 15) is 15.3 Å². The predicted octanol–water partition coefficient (Wildman–Crippen LogP) is -1.52. The number of hydrogen-bond donors (Lipinski definition) is 6. The van der Waals surface area contributed by atoms with E-state index in [1.54, 1.807) is 0 Å². The van der Waals surface area contributed by atoms with Gasteiger partial charge in [-0.3, -0.25) is 4.57 Å². The number of amidine groups is 1. The summed E-state index contributed by atoms with van der Waals surface area (Å²) < 4.78 is 7.17. The number of halogens is 1. The lowest BCUT2D eigenvalue weighted by molar-refractivity contribution is -0.0518. The molecule has 2 aromatic rings. The minimum Gasteiger partial charge on any atom is -0.409 e. The standard InChI is InChI=1S/C12H15BrN6O5/c13-8-4(10(15)18-23)5-9(14)16-2-17-11(5)19(8)12-7(22)6(21)3(1-20)24-12/h2-3,6-7,12,20-23H,1H2,(H2,15,18)(H2,14,16,17)/t3-,6+,7+,12+/m0/s1. The van der Waals surface area contributed by atoms with Gasteiger partial charge < -0.3 is 36.7 Å². The molecule has 0 bridgehead atoms. The van der Waals surface area contributed by atoms with E-state index in [0.717, 1.165) is 0 Å². The van der Waals surface area contributed by atoms with Gasteiger partial charge in [-0.2, -0.15) is 0 Å². The van der Waals surface area contributed by atoms with Crippen molar-refractivity contribution in [1.82, 2.24) is 14.5 Å². The zero-order chi connectivity index (χ0) is 17.6. The van der Waals surface area contributed by atoms with Crippen LogP contribution in [0, 0.1) is 0 Å². The fourth-order valence-electron chi connectivity index (χ4n) is 2.74. The zero-order valence-electron chi connectivity index (χ0n) is 12.1. The van der Waals surface area contributed by atoms with Crippen molar-refractivity contribution >= 4 is 38.6 Å². The molecule has 0 saturated carbocycles. The Balaban J connectivity index is 2.27. The average Bonchev–Trinajstić information content (AvgIpc) is 3.02. The molecule has 4 atom stereocenters. The van der Waals surface area contributed by atoms with Crippen molar-refractivity contribution < 1.29 is 25.3 Å². The summed E-state index contributed by atoms with van der Waals surface area (Å²) in [6.07, 6.45) is -3.48. The third kappa shape index (κ3) is 2.31. The van der Waals surface area contributed by atoms with E-state index in [4.69, 9.17) is 21.4 Å². The second-order valence-electron chi connectivity index (χ2n) is 5.21. The molecule has 3 heterocycles. The Morgan fingerprint density at radius 3 is 2.67 bits per heavy atom. The summed E-state index contributed by atoms with van der Waals surface area (Å²) >= 11 is 3.30. The second-order valence-corrected chi connectivity index (χ2v) is 5.96. The molecule has 0 spiro atoms. The predicted molar refractivity (Wildman–Crippen MR) is 85.2 cm³/mol. The van der Waals surface area contributed by atoms with Crippen LogP contribution in [-0.4, -0.2) is 65.8 Å². The fraction of sp³-hybridized carbons (Fsp3) is 0.417. The van der Waals surface area contributed by atoms with Crippen molar-refractivity contribution in [2.45, 2.75) is 24.5 Å². The lowest BCUT2D eigenvalue weighted by Crippen LogP contribution is -2.33. The number of ether oxygens (including phenoxy) is 1. The van der Waals surface area contributed by atoms with Crippen LogP contribution in [-0.2, 0) is 4.74 Å². The Morgan fingerprint density at radius 2 is 2.08 bits per heavy atom. The van der Waals surface area contributed by atoms with Gasteiger partial charge in [-0.05, 0) is 15.9 Å². The third-order valence-electron chi connectivity index (χ3n) is 3.89. The van der Waals surface area contributed by atoms with E-state index in [0.29, 0.717) is 0 Å². The quantitative estimate of drug-likeness (QED) is 0.153. The van der Waals surface area contributed by atoms with Crippen LogP contribution in [0.1, 0.15) is 11.8 Å². The molecule has 1 saturated heterocycles. The minimum absolute atomic E-state index is 0.0767. The van der Waals surface area contributed by atoms with Gasteiger partial charge >= 0.3 is 0 Å². The number of hydrogen-bond acceptors (Lipinski definition) is 9. The van der Waals surface area contributed by atoms with Crippen LogP contribution in [0.2, 0.25) is 0 Å². The number of anilines is 1. The summed E-state index contributed by atoms with van der Waals surface area (Å²) in [7, 11) is 0. The highest BCUT2D eigenvalue weighted by Crippen LogP contribution is 2.39. The van der Waals surface area contributed by atoms with Crippen molar-refractivity contribution in [2.24, 2.45) is 10.9 Å². The van der Waals surface area contributed by atoms with Gasteiger partial charge in [0, 0.05) is 0 Å². The van der Waals surface area contributed by atoms with Crippen molar-refractivity contribution in [3.63, 3.8) is 0 Å². The van der Waals surface area contributed by atoms with Gasteiger partial charge in [-0.25, -0.2) is 9.97 Å². The maximum atomic E-state index is 10.3. The lowest BCUT2D eigenvalue weighted by Gasteiger charge is -2.18.